The van der Waals surface area contributed by atoms with Crippen molar-refractivity contribution < 1.29 is 35.9 Å². The van der Waals surface area contributed by atoms with E-state index in [0.717, 1.165) is 12.3 Å². The van der Waals surface area contributed by atoms with Crippen molar-refractivity contribution in [2.75, 3.05) is 0 Å². The third-order valence-corrected chi connectivity index (χ3v) is 2.57. The fraction of sp³-hybridized carbons (Fsp3) is 0.200. The lowest BCUT2D eigenvalue weighted by Gasteiger charge is -2.17. The number of amides is 2. The highest BCUT2D eigenvalue weighted by Gasteiger charge is 2.40. The zero-order valence-corrected chi connectivity index (χ0v) is 11.8. The molecule has 0 aromatic heterocycles. The maximum absolute atomic E-state index is 12.8. The SMILES string of the molecule is NC(=O)NN=Cc1cc(Br)c(OC(F)(F)F)c(C(F)(F)F)c1. The van der Waals surface area contributed by atoms with Crippen LogP contribution >= 0.6 is 15.9 Å². The molecular formula is C10H6BrF6N3O2. The van der Waals surface area contributed by atoms with Gasteiger partial charge in [-0.25, -0.2) is 10.2 Å². The Morgan fingerprint density at radius 2 is 1.86 bits per heavy atom. The molecule has 0 radical (unpaired) electrons. The summed E-state index contributed by atoms with van der Waals surface area (Å²) < 4.78 is 77.8. The molecule has 2 amide bonds. The molecule has 0 unspecified atom stereocenters. The van der Waals surface area contributed by atoms with Gasteiger partial charge in [-0.2, -0.15) is 18.3 Å². The average molecular weight is 394 g/mol. The lowest BCUT2D eigenvalue weighted by molar-refractivity contribution is -0.276. The van der Waals surface area contributed by atoms with Gasteiger partial charge in [0, 0.05) is 0 Å². The summed E-state index contributed by atoms with van der Waals surface area (Å²) in [6.07, 6.45) is -9.64. The first-order valence-electron chi connectivity index (χ1n) is 5.15. The Balaban J connectivity index is 3.30. The van der Waals surface area contributed by atoms with E-state index in [4.69, 9.17) is 0 Å². The quantitative estimate of drug-likeness (QED) is 0.469. The number of nitrogens with zero attached hydrogens (tertiary/aromatic N) is 1. The van der Waals surface area contributed by atoms with Gasteiger partial charge in [-0.05, 0) is 33.6 Å². The van der Waals surface area contributed by atoms with E-state index in [9.17, 15) is 31.1 Å². The Hall–Kier alpha value is -1.98. The van der Waals surface area contributed by atoms with Crippen LogP contribution in [-0.4, -0.2) is 18.6 Å². The highest BCUT2D eigenvalue weighted by Crippen LogP contribution is 2.43. The van der Waals surface area contributed by atoms with Gasteiger partial charge in [0.2, 0.25) is 0 Å². The van der Waals surface area contributed by atoms with Crippen molar-refractivity contribution in [2.24, 2.45) is 10.8 Å². The topological polar surface area (TPSA) is 76.7 Å². The molecule has 0 fully saturated rings. The monoisotopic (exact) mass is 393 g/mol. The number of hydrazone groups is 1. The zero-order valence-electron chi connectivity index (χ0n) is 10.2. The van der Waals surface area contributed by atoms with Crippen LogP contribution in [0.3, 0.4) is 0 Å². The van der Waals surface area contributed by atoms with Crippen LogP contribution in [0.1, 0.15) is 11.1 Å². The summed E-state index contributed by atoms with van der Waals surface area (Å²) in [6, 6.07) is 0.198. The number of urea groups is 1. The molecule has 0 saturated carbocycles. The minimum Gasteiger partial charge on any atom is -0.404 e. The molecule has 1 aromatic rings. The number of hydrogen-bond acceptors (Lipinski definition) is 3. The summed E-state index contributed by atoms with van der Waals surface area (Å²) in [5.41, 5.74) is 4.49. The Bertz CT molecular complexity index is 600. The summed E-state index contributed by atoms with van der Waals surface area (Å²) >= 11 is 2.57. The number of rotatable bonds is 3. The van der Waals surface area contributed by atoms with Gasteiger partial charge < -0.3 is 10.5 Å². The average Bonchev–Trinajstić information content (AvgIpc) is 2.28. The number of primary amides is 1. The van der Waals surface area contributed by atoms with E-state index in [2.05, 4.69) is 31.5 Å². The van der Waals surface area contributed by atoms with E-state index in [1.54, 1.807) is 5.43 Å². The number of halogens is 7. The number of alkyl halides is 6. The van der Waals surface area contributed by atoms with Crippen molar-refractivity contribution in [2.45, 2.75) is 12.5 Å². The number of nitrogens with one attached hydrogen (secondary N) is 1. The van der Waals surface area contributed by atoms with Crippen molar-refractivity contribution in [3.8, 4) is 5.75 Å². The molecular weight excluding hydrogens is 388 g/mol. The largest absolute Gasteiger partial charge is 0.573 e. The summed E-state index contributed by atoms with van der Waals surface area (Å²) in [4.78, 5) is 10.4. The highest BCUT2D eigenvalue weighted by molar-refractivity contribution is 9.10. The van der Waals surface area contributed by atoms with Gasteiger partial charge in [0.05, 0.1) is 16.3 Å². The van der Waals surface area contributed by atoms with Gasteiger partial charge in [-0.15, -0.1) is 13.2 Å². The molecule has 22 heavy (non-hydrogen) atoms. The summed E-state index contributed by atoms with van der Waals surface area (Å²) in [7, 11) is 0. The Morgan fingerprint density at radius 1 is 1.27 bits per heavy atom. The van der Waals surface area contributed by atoms with Gasteiger partial charge in [0.15, 0.2) is 5.75 Å². The predicted molar refractivity (Wildman–Crippen MR) is 66.1 cm³/mol. The predicted octanol–water partition coefficient (Wildman–Crippen LogP) is 3.37. The molecule has 0 bridgehead atoms. The first kappa shape index (κ1) is 18.1. The third-order valence-electron chi connectivity index (χ3n) is 1.98. The number of hydrogen-bond donors (Lipinski definition) is 2. The minimum absolute atomic E-state index is 0.248. The number of carbonyl (C=O) groups is 1. The van der Waals surface area contributed by atoms with Crippen LogP contribution in [0.25, 0.3) is 0 Å². The number of ether oxygens (including phenoxy) is 1. The molecule has 0 aliphatic heterocycles. The number of nitrogens with two attached hydrogens (primary N) is 1. The third kappa shape index (κ3) is 5.42. The van der Waals surface area contributed by atoms with Crippen molar-refractivity contribution >= 4 is 28.2 Å². The first-order valence-corrected chi connectivity index (χ1v) is 5.94. The van der Waals surface area contributed by atoms with Gasteiger partial charge >= 0.3 is 18.6 Å². The molecule has 0 aliphatic carbocycles. The molecule has 12 heteroatoms. The van der Waals surface area contributed by atoms with Crippen LogP contribution in [-0.2, 0) is 6.18 Å². The molecule has 1 rings (SSSR count). The lowest BCUT2D eigenvalue weighted by Crippen LogP contribution is -2.24. The van der Waals surface area contributed by atoms with Crippen LogP contribution < -0.4 is 15.9 Å². The second-order valence-corrected chi connectivity index (χ2v) is 4.51. The van der Waals surface area contributed by atoms with Gasteiger partial charge in [0.1, 0.15) is 0 Å². The number of benzene rings is 1. The highest BCUT2D eigenvalue weighted by atomic mass is 79.9. The van der Waals surface area contributed by atoms with E-state index in [1.807, 2.05) is 0 Å². The Morgan fingerprint density at radius 3 is 2.32 bits per heavy atom. The Kier molecular flexibility index (Phi) is 5.27. The maximum atomic E-state index is 12.8. The molecule has 0 atom stereocenters. The molecule has 0 aliphatic rings. The van der Waals surface area contributed by atoms with Crippen molar-refractivity contribution in [1.82, 2.24) is 5.43 Å². The molecule has 3 N–H and O–H groups in total. The lowest BCUT2D eigenvalue weighted by atomic mass is 10.1. The molecule has 1 aromatic carbocycles. The van der Waals surface area contributed by atoms with Gasteiger partial charge in [0.25, 0.3) is 0 Å². The molecule has 0 spiro atoms. The van der Waals surface area contributed by atoms with Crippen molar-refractivity contribution in [3.63, 3.8) is 0 Å². The summed E-state index contributed by atoms with van der Waals surface area (Å²) in [5, 5.41) is 3.21. The van der Waals surface area contributed by atoms with Crippen LogP contribution in [0.4, 0.5) is 31.1 Å². The van der Waals surface area contributed by atoms with E-state index in [1.165, 1.54) is 0 Å². The fourth-order valence-corrected chi connectivity index (χ4v) is 1.85. The van der Waals surface area contributed by atoms with Gasteiger partial charge in [-0.1, -0.05) is 0 Å². The Labute approximate surface area is 127 Å². The molecule has 5 nitrogen and oxygen atoms in total. The van der Waals surface area contributed by atoms with Crippen LogP contribution in [0.5, 0.6) is 5.75 Å². The number of carbonyl (C=O) groups excluding carboxylic acids is 1. The molecule has 0 heterocycles. The maximum Gasteiger partial charge on any atom is 0.573 e. The first-order chi connectivity index (χ1) is 9.90. The van der Waals surface area contributed by atoms with E-state index < -0.39 is 34.4 Å². The van der Waals surface area contributed by atoms with E-state index in [0.29, 0.717) is 6.07 Å². The zero-order chi connectivity index (χ0) is 17.1. The van der Waals surface area contributed by atoms with Crippen LogP contribution in [0, 0.1) is 0 Å². The second kappa shape index (κ2) is 6.42. The van der Waals surface area contributed by atoms with Crippen molar-refractivity contribution in [1.29, 1.82) is 0 Å². The normalized spacial score (nSPS) is 12.5. The van der Waals surface area contributed by atoms with Gasteiger partial charge in [-0.3, -0.25) is 0 Å². The van der Waals surface area contributed by atoms with Crippen LogP contribution in [0.2, 0.25) is 0 Å². The van der Waals surface area contributed by atoms with E-state index >= 15 is 0 Å². The fourth-order valence-electron chi connectivity index (χ4n) is 1.29. The van der Waals surface area contributed by atoms with Crippen molar-refractivity contribution in [3.05, 3.63) is 27.7 Å². The van der Waals surface area contributed by atoms with E-state index in [-0.39, 0.29) is 5.56 Å². The smallest absolute Gasteiger partial charge is 0.404 e. The second-order valence-electron chi connectivity index (χ2n) is 3.66. The summed E-state index contributed by atoms with van der Waals surface area (Å²) in [6.45, 7) is 0. The van der Waals surface area contributed by atoms with Crippen LogP contribution in [0.15, 0.2) is 21.7 Å². The minimum atomic E-state index is -5.30. The molecule has 122 valence electrons. The summed E-state index contributed by atoms with van der Waals surface area (Å²) in [5.74, 6) is -1.43. The molecule has 0 saturated heterocycles. The standard InChI is InChI=1S/C10H6BrF6N3O2/c11-6-2-4(3-19-20-8(18)21)1-5(9(12,13)14)7(6)22-10(15,16)17/h1-3H,(H3,18,20,21).